The molecule has 0 saturated heterocycles. The second kappa shape index (κ2) is 6.88. The lowest BCUT2D eigenvalue weighted by Crippen LogP contribution is -2.32. The number of aryl methyl sites for hydroxylation is 2. The Morgan fingerprint density at radius 3 is 2.35 bits per heavy atom. The third kappa shape index (κ3) is 3.83. The molecular weight excluding hydrogens is 344 g/mol. The lowest BCUT2D eigenvalue weighted by Gasteiger charge is -2.22. The van der Waals surface area contributed by atoms with Crippen LogP contribution in [0.15, 0.2) is 30.3 Å². The first-order valence-corrected chi connectivity index (χ1v) is 10.1. The van der Waals surface area contributed by atoms with Crippen molar-refractivity contribution >= 4 is 23.2 Å². The van der Waals surface area contributed by atoms with E-state index in [0.717, 1.165) is 36.1 Å². The van der Waals surface area contributed by atoms with E-state index in [1.165, 1.54) is 10.4 Å². The summed E-state index contributed by atoms with van der Waals surface area (Å²) < 4.78 is 0. The van der Waals surface area contributed by atoms with Crippen molar-refractivity contribution in [3.05, 3.63) is 56.8 Å². The predicted molar refractivity (Wildman–Crippen MR) is 104 cm³/mol. The van der Waals surface area contributed by atoms with E-state index in [0.29, 0.717) is 24.2 Å². The molecule has 1 N–H and O–H groups in total. The van der Waals surface area contributed by atoms with Crippen LogP contribution in [-0.2, 0) is 6.54 Å². The molecule has 5 heteroatoms. The van der Waals surface area contributed by atoms with Crippen molar-refractivity contribution in [3.8, 4) is 0 Å². The molecule has 4 nitrogen and oxygen atoms in total. The molecule has 0 unspecified atom stereocenters. The largest absolute Gasteiger partial charge is 0.349 e. The van der Waals surface area contributed by atoms with E-state index in [4.69, 9.17) is 0 Å². The Morgan fingerprint density at radius 2 is 1.81 bits per heavy atom. The number of amides is 2. The Labute approximate surface area is 158 Å². The highest BCUT2D eigenvalue weighted by atomic mass is 32.1. The van der Waals surface area contributed by atoms with Gasteiger partial charge >= 0.3 is 0 Å². The van der Waals surface area contributed by atoms with Crippen LogP contribution in [0, 0.1) is 13.8 Å². The molecule has 0 spiro atoms. The van der Waals surface area contributed by atoms with Gasteiger partial charge in [-0.1, -0.05) is 12.1 Å². The zero-order chi connectivity index (χ0) is 18.3. The van der Waals surface area contributed by atoms with Gasteiger partial charge < -0.3 is 10.2 Å². The summed E-state index contributed by atoms with van der Waals surface area (Å²) in [5.74, 6) is 0.128. The zero-order valence-corrected chi connectivity index (χ0v) is 16.1. The van der Waals surface area contributed by atoms with Gasteiger partial charge in [0.05, 0.1) is 4.88 Å². The standard InChI is InChI=1S/C21H24N2O2S/c1-13-11-19(26-14(13)2)21(25)23(18-9-10-18)12-15-3-5-16(6-4-15)20(24)22-17-7-8-17/h3-6,11,17-18H,7-10,12H2,1-2H3,(H,22,24). The zero-order valence-electron chi connectivity index (χ0n) is 15.2. The normalized spacial score (nSPS) is 16.4. The Morgan fingerprint density at radius 1 is 1.12 bits per heavy atom. The van der Waals surface area contributed by atoms with Crippen molar-refractivity contribution < 1.29 is 9.59 Å². The Hall–Kier alpha value is -2.14. The molecule has 1 aromatic carbocycles. The molecule has 2 amide bonds. The summed E-state index contributed by atoms with van der Waals surface area (Å²) >= 11 is 1.58. The molecule has 26 heavy (non-hydrogen) atoms. The number of rotatable bonds is 6. The third-order valence-corrected chi connectivity index (χ3v) is 6.25. The maximum atomic E-state index is 13.0. The average Bonchev–Trinajstić information content (AvgIpc) is 3.54. The summed E-state index contributed by atoms with van der Waals surface area (Å²) in [4.78, 5) is 29.1. The Bertz CT molecular complexity index is 813. The van der Waals surface area contributed by atoms with Crippen molar-refractivity contribution in [1.82, 2.24) is 10.2 Å². The maximum Gasteiger partial charge on any atom is 0.264 e. The fraction of sp³-hybridized carbons (Fsp3) is 0.429. The second-order valence-corrected chi connectivity index (χ2v) is 8.72. The maximum absolute atomic E-state index is 13.0. The van der Waals surface area contributed by atoms with E-state index in [1.807, 2.05) is 35.2 Å². The van der Waals surface area contributed by atoms with Crippen LogP contribution >= 0.6 is 11.3 Å². The van der Waals surface area contributed by atoms with Crippen LogP contribution in [0.5, 0.6) is 0 Å². The van der Waals surface area contributed by atoms with Gasteiger partial charge in [-0.2, -0.15) is 0 Å². The smallest absolute Gasteiger partial charge is 0.264 e. The van der Waals surface area contributed by atoms with E-state index in [1.54, 1.807) is 11.3 Å². The third-order valence-electron chi connectivity index (χ3n) is 5.11. The Kier molecular flexibility index (Phi) is 4.57. The van der Waals surface area contributed by atoms with Gasteiger partial charge in [0, 0.05) is 29.1 Å². The molecule has 4 rings (SSSR count). The number of hydrogen-bond acceptors (Lipinski definition) is 3. The lowest BCUT2D eigenvalue weighted by molar-refractivity contribution is 0.0734. The summed E-state index contributed by atoms with van der Waals surface area (Å²) in [5, 5.41) is 3.00. The van der Waals surface area contributed by atoms with Gasteiger partial charge in [-0.3, -0.25) is 9.59 Å². The summed E-state index contributed by atoms with van der Waals surface area (Å²) in [6.07, 6.45) is 4.34. The summed E-state index contributed by atoms with van der Waals surface area (Å²) in [5.41, 5.74) is 2.94. The summed E-state index contributed by atoms with van der Waals surface area (Å²) in [6.45, 7) is 4.71. The van der Waals surface area contributed by atoms with E-state index >= 15 is 0 Å². The fourth-order valence-electron chi connectivity index (χ4n) is 3.03. The van der Waals surface area contributed by atoms with E-state index in [-0.39, 0.29) is 11.8 Å². The highest BCUT2D eigenvalue weighted by Crippen LogP contribution is 2.32. The molecule has 0 radical (unpaired) electrons. The molecule has 1 aromatic heterocycles. The van der Waals surface area contributed by atoms with Gasteiger partial charge in [-0.15, -0.1) is 11.3 Å². The topological polar surface area (TPSA) is 49.4 Å². The van der Waals surface area contributed by atoms with Gasteiger partial charge in [-0.25, -0.2) is 0 Å². The first-order chi connectivity index (χ1) is 12.5. The van der Waals surface area contributed by atoms with E-state index in [2.05, 4.69) is 19.2 Å². The predicted octanol–water partition coefficient (Wildman–Crippen LogP) is 4.06. The first-order valence-electron chi connectivity index (χ1n) is 9.29. The minimum Gasteiger partial charge on any atom is -0.349 e. The van der Waals surface area contributed by atoms with Crippen LogP contribution in [0.4, 0.5) is 0 Å². The number of nitrogens with one attached hydrogen (secondary N) is 1. The van der Waals surface area contributed by atoms with Crippen LogP contribution in [0.1, 0.15) is 61.7 Å². The monoisotopic (exact) mass is 368 g/mol. The summed E-state index contributed by atoms with van der Waals surface area (Å²) in [6, 6.07) is 10.4. The number of carbonyl (C=O) groups is 2. The highest BCUT2D eigenvalue weighted by Gasteiger charge is 2.33. The number of hydrogen-bond donors (Lipinski definition) is 1. The number of carbonyl (C=O) groups excluding carboxylic acids is 2. The molecule has 0 bridgehead atoms. The van der Waals surface area contributed by atoms with Crippen molar-refractivity contribution in [3.63, 3.8) is 0 Å². The summed E-state index contributed by atoms with van der Waals surface area (Å²) in [7, 11) is 0. The molecule has 136 valence electrons. The van der Waals surface area contributed by atoms with Crippen LogP contribution in [0.25, 0.3) is 0 Å². The molecule has 1 heterocycles. The van der Waals surface area contributed by atoms with Crippen LogP contribution in [0.2, 0.25) is 0 Å². The van der Waals surface area contributed by atoms with Gasteiger partial charge in [0.1, 0.15) is 0 Å². The quantitative estimate of drug-likeness (QED) is 0.836. The van der Waals surface area contributed by atoms with Gasteiger partial charge in [-0.05, 0) is 68.9 Å². The van der Waals surface area contributed by atoms with Gasteiger partial charge in [0.25, 0.3) is 11.8 Å². The Balaban J connectivity index is 1.46. The van der Waals surface area contributed by atoms with Crippen molar-refractivity contribution in [2.75, 3.05) is 0 Å². The van der Waals surface area contributed by atoms with Crippen molar-refractivity contribution in [1.29, 1.82) is 0 Å². The number of thiophene rings is 1. The molecular formula is C21H24N2O2S. The minimum atomic E-state index is -0.00119. The van der Waals surface area contributed by atoms with E-state index < -0.39 is 0 Å². The average molecular weight is 369 g/mol. The molecule has 2 aliphatic rings. The van der Waals surface area contributed by atoms with Gasteiger partial charge in [0.2, 0.25) is 0 Å². The van der Waals surface area contributed by atoms with Crippen LogP contribution in [-0.4, -0.2) is 28.8 Å². The van der Waals surface area contributed by atoms with Gasteiger partial charge in [0.15, 0.2) is 0 Å². The van der Waals surface area contributed by atoms with Crippen molar-refractivity contribution in [2.24, 2.45) is 0 Å². The molecule has 2 saturated carbocycles. The fourth-order valence-corrected chi connectivity index (χ4v) is 4.02. The molecule has 2 aliphatic carbocycles. The molecule has 2 aromatic rings. The number of nitrogens with zero attached hydrogens (tertiary/aromatic N) is 1. The van der Waals surface area contributed by atoms with Crippen LogP contribution < -0.4 is 5.32 Å². The highest BCUT2D eigenvalue weighted by molar-refractivity contribution is 7.14. The molecule has 0 aliphatic heterocycles. The second-order valence-electron chi connectivity index (χ2n) is 7.46. The molecule has 2 fully saturated rings. The van der Waals surface area contributed by atoms with Crippen LogP contribution in [0.3, 0.4) is 0 Å². The minimum absolute atomic E-state index is 0.00119. The number of benzene rings is 1. The van der Waals surface area contributed by atoms with E-state index in [9.17, 15) is 9.59 Å². The molecule has 0 atom stereocenters. The SMILES string of the molecule is Cc1cc(C(=O)N(Cc2ccc(C(=O)NC3CC3)cc2)C2CC2)sc1C. The van der Waals surface area contributed by atoms with Crippen molar-refractivity contribution in [2.45, 2.75) is 58.2 Å². The first kappa shape index (κ1) is 17.3. The lowest BCUT2D eigenvalue weighted by atomic mass is 10.1.